The number of aliphatic hydroxyl groups is 1. The van der Waals surface area contributed by atoms with Gasteiger partial charge in [-0.25, -0.2) is 8.42 Å². The van der Waals surface area contributed by atoms with Crippen LogP contribution in [0.3, 0.4) is 0 Å². The predicted octanol–water partition coefficient (Wildman–Crippen LogP) is -0.478. The number of quaternary nitrogens is 1. The van der Waals surface area contributed by atoms with Crippen molar-refractivity contribution in [2.24, 2.45) is 0 Å². The first-order chi connectivity index (χ1) is 9.29. The van der Waals surface area contributed by atoms with Crippen LogP contribution in [0.2, 0.25) is 0 Å². The Labute approximate surface area is 124 Å². The van der Waals surface area contributed by atoms with Crippen molar-refractivity contribution in [3.8, 4) is 0 Å². The smallest absolute Gasteiger partial charge is 0.295 e. The lowest BCUT2D eigenvalue weighted by molar-refractivity contribution is -0.870. The van der Waals surface area contributed by atoms with Gasteiger partial charge in [0.1, 0.15) is 21.6 Å². The standard InChI is InChI=1S/C6H6O6S2.C5H14NO/c7-13(8,9)5-3-1-2-4-6(5)14(10,11)12;1-6(2,3)4-5-7/h1-4H,(H,7,8,9)(H,10,11,12);7H,4-5H2,1-3H3/q;+1/p-1. The van der Waals surface area contributed by atoms with Crippen LogP contribution < -0.4 is 0 Å². The van der Waals surface area contributed by atoms with Crippen molar-refractivity contribution in [1.29, 1.82) is 0 Å². The van der Waals surface area contributed by atoms with Crippen LogP contribution in [0.4, 0.5) is 0 Å². The van der Waals surface area contributed by atoms with E-state index in [0.29, 0.717) is 0 Å². The van der Waals surface area contributed by atoms with E-state index in [2.05, 4.69) is 21.1 Å². The van der Waals surface area contributed by atoms with Crippen LogP contribution in [0.25, 0.3) is 0 Å². The number of nitrogens with zero attached hydrogens (tertiary/aromatic N) is 1. The van der Waals surface area contributed by atoms with E-state index in [1.54, 1.807) is 0 Å². The van der Waals surface area contributed by atoms with E-state index in [1.165, 1.54) is 12.1 Å². The van der Waals surface area contributed by atoms with Gasteiger partial charge in [-0.15, -0.1) is 0 Å². The van der Waals surface area contributed by atoms with Crippen molar-refractivity contribution < 1.29 is 35.5 Å². The summed E-state index contributed by atoms with van der Waals surface area (Å²) in [5.74, 6) is 0. The van der Waals surface area contributed by atoms with E-state index < -0.39 is 30.0 Å². The summed E-state index contributed by atoms with van der Waals surface area (Å²) >= 11 is 0. The minimum Gasteiger partial charge on any atom is -0.744 e. The molecule has 0 spiro atoms. The molecule has 122 valence electrons. The van der Waals surface area contributed by atoms with Crippen LogP contribution in [0.1, 0.15) is 0 Å². The second-order valence-corrected chi connectivity index (χ2v) is 7.85. The largest absolute Gasteiger partial charge is 0.744 e. The minimum absolute atomic E-state index is 0.281. The molecule has 0 aliphatic heterocycles. The van der Waals surface area contributed by atoms with E-state index in [9.17, 15) is 21.4 Å². The molecule has 0 amide bonds. The fourth-order valence-electron chi connectivity index (χ4n) is 1.17. The maximum Gasteiger partial charge on any atom is 0.295 e. The molecule has 0 aliphatic carbocycles. The van der Waals surface area contributed by atoms with Gasteiger partial charge in [0.2, 0.25) is 0 Å². The van der Waals surface area contributed by atoms with Gasteiger partial charge in [-0.3, -0.25) is 4.55 Å². The van der Waals surface area contributed by atoms with Crippen molar-refractivity contribution in [2.75, 3.05) is 34.3 Å². The fraction of sp³-hybridized carbons (Fsp3) is 0.455. The lowest BCUT2D eigenvalue weighted by Gasteiger charge is -2.21. The van der Waals surface area contributed by atoms with Crippen LogP contribution in [0.15, 0.2) is 34.1 Å². The molecule has 0 aromatic heterocycles. The molecule has 0 heterocycles. The first kappa shape index (κ1) is 20.0. The molecular weight excluding hydrogens is 322 g/mol. The Morgan fingerprint density at radius 1 is 1.05 bits per heavy atom. The molecule has 0 saturated carbocycles. The summed E-state index contributed by atoms with van der Waals surface area (Å²) in [5.41, 5.74) is 0. The number of hydrogen-bond donors (Lipinski definition) is 2. The van der Waals surface area contributed by atoms with Crippen molar-refractivity contribution in [3.63, 3.8) is 0 Å². The maximum atomic E-state index is 10.7. The second-order valence-electron chi connectivity index (χ2n) is 5.11. The molecule has 1 aromatic carbocycles. The topological polar surface area (TPSA) is 132 Å². The first-order valence-corrected chi connectivity index (χ1v) is 8.57. The molecule has 2 N–H and O–H groups in total. The Hall–Kier alpha value is -1.04. The van der Waals surface area contributed by atoms with Crippen LogP contribution in [-0.4, -0.2) is 69.8 Å². The predicted molar refractivity (Wildman–Crippen MR) is 74.2 cm³/mol. The Balaban J connectivity index is 0.000000486. The molecule has 8 nitrogen and oxygen atoms in total. The van der Waals surface area contributed by atoms with Crippen molar-refractivity contribution in [1.82, 2.24) is 0 Å². The number of benzene rings is 1. The zero-order chi connectivity index (χ0) is 16.9. The Morgan fingerprint density at radius 3 is 1.67 bits per heavy atom. The van der Waals surface area contributed by atoms with Crippen LogP contribution in [0, 0.1) is 0 Å². The number of likely N-dealkylation sites (N-methyl/N-ethyl adjacent to an activating group) is 1. The normalized spacial score (nSPS) is 12.5. The summed E-state index contributed by atoms with van der Waals surface area (Å²) < 4.78 is 62.5. The van der Waals surface area contributed by atoms with Crippen LogP contribution >= 0.6 is 0 Å². The van der Waals surface area contributed by atoms with Crippen molar-refractivity contribution in [3.05, 3.63) is 24.3 Å². The number of rotatable bonds is 4. The average molecular weight is 341 g/mol. The third-order valence-electron chi connectivity index (χ3n) is 2.17. The van der Waals surface area contributed by atoms with Crippen LogP contribution in [0.5, 0.6) is 0 Å². The van der Waals surface area contributed by atoms with Gasteiger partial charge >= 0.3 is 0 Å². The quantitative estimate of drug-likeness (QED) is 0.558. The lowest BCUT2D eigenvalue weighted by Crippen LogP contribution is -2.36. The molecule has 21 heavy (non-hydrogen) atoms. The highest BCUT2D eigenvalue weighted by Crippen LogP contribution is 2.19. The molecule has 0 radical (unpaired) electrons. The summed E-state index contributed by atoms with van der Waals surface area (Å²) in [4.78, 5) is -1.86. The third kappa shape index (κ3) is 8.09. The minimum atomic E-state index is -4.91. The molecule has 10 heteroatoms. The molecule has 0 fully saturated rings. The van der Waals surface area contributed by atoms with Crippen molar-refractivity contribution >= 4 is 20.2 Å². The van der Waals surface area contributed by atoms with Crippen molar-refractivity contribution in [2.45, 2.75) is 9.79 Å². The summed E-state index contributed by atoms with van der Waals surface area (Å²) in [5, 5.41) is 8.39. The average Bonchev–Trinajstić information content (AvgIpc) is 2.26. The summed E-state index contributed by atoms with van der Waals surface area (Å²) in [6, 6.07) is 4.02. The first-order valence-electron chi connectivity index (χ1n) is 5.73. The van der Waals surface area contributed by atoms with Gasteiger partial charge in [-0.1, -0.05) is 12.1 Å². The van der Waals surface area contributed by atoms with Gasteiger partial charge in [0.15, 0.2) is 0 Å². The molecule has 1 rings (SSSR count). The molecule has 0 bridgehead atoms. The van der Waals surface area contributed by atoms with Gasteiger partial charge in [-0.05, 0) is 12.1 Å². The fourth-order valence-corrected chi connectivity index (χ4v) is 2.92. The second kappa shape index (κ2) is 7.29. The van der Waals surface area contributed by atoms with Crippen LogP contribution in [-0.2, 0) is 20.2 Å². The molecule has 0 saturated heterocycles. The highest BCUT2D eigenvalue weighted by atomic mass is 32.2. The Morgan fingerprint density at radius 2 is 1.48 bits per heavy atom. The summed E-state index contributed by atoms with van der Waals surface area (Å²) in [7, 11) is -3.45. The number of hydrogen-bond acceptors (Lipinski definition) is 6. The summed E-state index contributed by atoms with van der Waals surface area (Å²) in [6.45, 7) is 1.11. The molecule has 0 unspecified atom stereocenters. The zero-order valence-corrected chi connectivity index (χ0v) is 13.6. The molecular formula is C11H19NO7S2. The van der Waals surface area contributed by atoms with E-state index in [-0.39, 0.29) is 6.61 Å². The van der Waals surface area contributed by atoms with Gasteiger partial charge in [0.05, 0.1) is 32.6 Å². The monoisotopic (exact) mass is 341 g/mol. The number of aliphatic hydroxyl groups excluding tert-OH is 1. The highest BCUT2D eigenvalue weighted by Gasteiger charge is 2.18. The molecule has 1 aromatic rings. The van der Waals surface area contributed by atoms with E-state index >= 15 is 0 Å². The third-order valence-corrected chi connectivity index (χ3v) is 4.10. The lowest BCUT2D eigenvalue weighted by atomic mass is 10.4. The van der Waals surface area contributed by atoms with E-state index in [1.807, 2.05) is 0 Å². The zero-order valence-electron chi connectivity index (χ0n) is 11.9. The van der Waals surface area contributed by atoms with Gasteiger partial charge < -0.3 is 14.1 Å². The Bertz CT molecular complexity index is 609. The SMILES string of the molecule is C[N+](C)(C)CCO.O=S(=O)([O-])c1ccccc1S(=O)(=O)O. The summed E-state index contributed by atoms with van der Waals surface area (Å²) in [6.07, 6.45) is 0. The van der Waals surface area contributed by atoms with Gasteiger partial charge in [0, 0.05) is 0 Å². The highest BCUT2D eigenvalue weighted by molar-refractivity contribution is 7.89. The van der Waals surface area contributed by atoms with Gasteiger partial charge in [0.25, 0.3) is 10.1 Å². The van der Waals surface area contributed by atoms with E-state index in [4.69, 9.17) is 9.66 Å². The molecule has 0 atom stereocenters. The van der Waals surface area contributed by atoms with Gasteiger partial charge in [-0.2, -0.15) is 8.42 Å². The maximum absolute atomic E-state index is 10.7. The molecule has 0 aliphatic rings. The van der Waals surface area contributed by atoms with E-state index in [0.717, 1.165) is 23.2 Å². The Kier molecular flexibility index (Phi) is 6.93.